The number of aryl methyl sites for hydroxylation is 2. The van der Waals surface area contributed by atoms with E-state index >= 15 is 0 Å². The number of amides is 2. The summed E-state index contributed by atoms with van der Waals surface area (Å²) in [6, 6.07) is 9.82. The van der Waals surface area contributed by atoms with Crippen LogP contribution < -0.4 is 10.6 Å². The largest absolute Gasteiger partial charge is 0.383 e. The van der Waals surface area contributed by atoms with Gasteiger partial charge in [-0.1, -0.05) is 30.0 Å². The molecule has 1 atom stereocenters. The number of carbonyl (C=O) groups is 2. The number of nitriles is 2. The van der Waals surface area contributed by atoms with E-state index in [9.17, 15) is 20.1 Å². The summed E-state index contributed by atoms with van der Waals surface area (Å²) in [4.78, 5) is 31.4. The van der Waals surface area contributed by atoms with Gasteiger partial charge in [-0.15, -0.1) is 0 Å². The second-order valence-corrected chi connectivity index (χ2v) is 8.77. The van der Waals surface area contributed by atoms with E-state index in [-0.39, 0.29) is 35.5 Å². The Kier molecular flexibility index (Phi) is 4.97. The molecule has 1 aliphatic carbocycles. The highest BCUT2D eigenvalue weighted by Crippen LogP contribution is 2.47. The number of carbonyl (C=O) groups excluding carboxylic acids is 2. The molecule has 0 unspecified atom stereocenters. The Labute approximate surface area is 178 Å². The van der Waals surface area contributed by atoms with Gasteiger partial charge in [0.15, 0.2) is 0 Å². The van der Waals surface area contributed by atoms with Gasteiger partial charge in [0.05, 0.1) is 22.1 Å². The van der Waals surface area contributed by atoms with Gasteiger partial charge in [0.25, 0.3) is 0 Å². The van der Waals surface area contributed by atoms with Gasteiger partial charge in [-0.2, -0.15) is 10.5 Å². The molecule has 4 rings (SSSR count). The zero-order valence-corrected chi connectivity index (χ0v) is 17.4. The molecule has 1 saturated carbocycles. The van der Waals surface area contributed by atoms with Gasteiger partial charge in [-0.05, 0) is 49.3 Å². The average molecular weight is 417 g/mol. The van der Waals surface area contributed by atoms with Crippen LogP contribution in [0.1, 0.15) is 53.0 Å². The van der Waals surface area contributed by atoms with Crippen LogP contribution in [0, 0.1) is 36.5 Å². The first-order chi connectivity index (χ1) is 14.4. The number of pyridine rings is 1. The van der Waals surface area contributed by atoms with E-state index in [0.29, 0.717) is 21.8 Å². The monoisotopic (exact) mass is 417 g/mol. The number of anilines is 2. The number of nitrogens with two attached hydrogens (primary N) is 1. The van der Waals surface area contributed by atoms with Gasteiger partial charge in [0.1, 0.15) is 23.0 Å². The van der Waals surface area contributed by atoms with Crippen LogP contribution in [0.4, 0.5) is 11.5 Å². The Bertz CT molecular complexity index is 1150. The fourth-order valence-corrected chi connectivity index (χ4v) is 5.04. The van der Waals surface area contributed by atoms with Crippen molar-refractivity contribution >= 4 is 35.1 Å². The van der Waals surface area contributed by atoms with Crippen LogP contribution in [0.15, 0.2) is 23.2 Å². The molecule has 2 N–H and O–H groups in total. The number of rotatable bonds is 4. The highest BCUT2D eigenvalue weighted by atomic mass is 32.2. The van der Waals surface area contributed by atoms with Crippen LogP contribution in [0.5, 0.6) is 0 Å². The molecule has 0 spiro atoms. The van der Waals surface area contributed by atoms with Gasteiger partial charge in [-0.3, -0.25) is 9.59 Å². The third-order valence-electron chi connectivity index (χ3n) is 5.46. The average Bonchev–Trinajstić information content (AvgIpc) is 3.50. The smallest absolute Gasteiger partial charge is 0.247 e. The summed E-state index contributed by atoms with van der Waals surface area (Å²) in [5.74, 6) is -0.434. The predicted octanol–water partition coefficient (Wildman–Crippen LogP) is 3.33. The SMILES string of the molecule is Cc1cccc(C)c1N1C(=O)C[C@@H](Sc2nc(N)c(C#N)c(C3CC3)c2C#N)C1=O. The van der Waals surface area contributed by atoms with E-state index in [2.05, 4.69) is 17.1 Å². The number of nitrogens with zero attached hydrogens (tertiary/aromatic N) is 4. The highest BCUT2D eigenvalue weighted by molar-refractivity contribution is 8.00. The molecule has 7 nitrogen and oxygen atoms in total. The van der Waals surface area contributed by atoms with E-state index < -0.39 is 5.25 Å². The third-order valence-corrected chi connectivity index (χ3v) is 6.63. The molecule has 2 heterocycles. The molecule has 0 bridgehead atoms. The number of aromatic nitrogens is 1. The van der Waals surface area contributed by atoms with Crippen molar-refractivity contribution in [3.63, 3.8) is 0 Å². The summed E-state index contributed by atoms with van der Waals surface area (Å²) in [5, 5.41) is 18.8. The fraction of sp³-hybridized carbons (Fsp3) is 0.318. The normalized spacial score (nSPS) is 18.4. The van der Waals surface area contributed by atoms with Crippen molar-refractivity contribution in [2.75, 3.05) is 10.6 Å². The quantitative estimate of drug-likeness (QED) is 0.757. The van der Waals surface area contributed by atoms with Gasteiger partial charge < -0.3 is 5.73 Å². The second-order valence-electron chi connectivity index (χ2n) is 7.58. The molecular weight excluding hydrogens is 398 g/mol. The Morgan fingerprint density at radius 3 is 2.33 bits per heavy atom. The van der Waals surface area contributed by atoms with Crippen LogP contribution >= 0.6 is 11.8 Å². The number of benzene rings is 1. The van der Waals surface area contributed by atoms with E-state index in [4.69, 9.17) is 5.73 Å². The lowest BCUT2D eigenvalue weighted by Crippen LogP contribution is -2.32. The number of nitrogen functional groups attached to an aromatic ring is 1. The van der Waals surface area contributed by atoms with Crippen LogP contribution in [0.25, 0.3) is 0 Å². The summed E-state index contributed by atoms with van der Waals surface area (Å²) in [7, 11) is 0. The minimum atomic E-state index is -0.699. The van der Waals surface area contributed by atoms with Gasteiger partial charge >= 0.3 is 0 Å². The fourth-order valence-electron chi connectivity index (χ4n) is 3.91. The zero-order valence-electron chi connectivity index (χ0n) is 16.6. The molecule has 30 heavy (non-hydrogen) atoms. The lowest BCUT2D eigenvalue weighted by molar-refractivity contribution is -0.121. The van der Waals surface area contributed by atoms with Crippen molar-refractivity contribution < 1.29 is 9.59 Å². The highest BCUT2D eigenvalue weighted by Gasteiger charge is 2.42. The summed E-state index contributed by atoms with van der Waals surface area (Å²) in [6.45, 7) is 3.73. The molecule has 1 aromatic heterocycles. The molecule has 1 aliphatic heterocycles. The Balaban J connectivity index is 1.71. The van der Waals surface area contributed by atoms with Gasteiger partial charge in [0.2, 0.25) is 11.8 Å². The first kappa shape index (κ1) is 19.9. The van der Waals surface area contributed by atoms with Gasteiger partial charge in [-0.25, -0.2) is 9.88 Å². The van der Waals surface area contributed by atoms with Crippen LogP contribution in [0.2, 0.25) is 0 Å². The summed E-state index contributed by atoms with van der Waals surface area (Å²) < 4.78 is 0. The molecule has 0 radical (unpaired) electrons. The number of thioether (sulfide) groups is 1. The molecular formula is C22H19N5O2S. The lowest BCUT2D eigenvalue weighted by Gasteiger charge is -2.20. The molecule has 1 aromatic carbocycles. The van der Waals surface area contributed by atoms with E-state index in [0.717, 1.165) is 35.7 Å². The summed E-state index contributed by atoms with van der Waals surface area (Å²) >= 11 is 1.08. The molecule has 2 amide bonds. The maximum atomic E-state index is 13.2. The topological polar surface area (TPSA) is 124 Å². The van der Waals surface area contributed by atoms with Gasteiger partial charge in [0, 0.05) is 6.42 Å². The minimum absolute atomic E-state index is 0.0164. The first-order valence-corrected chi connectivity index (χ1v) is 10.5. The van der Waals surface area contributed by atoms with Crippen molar-refractivity contribution in [1.82, 2.24) is 4.98 Å². The standard InChI is InChI=1S/C22H19N5O2S/c1-11-4-3-5-12(2)19(11)27-17(28)8-16(22(27)29)30-21-15(10-24)18(13-6-7-13)14(9-23)20(25)26-21/h3-5,13,16H,6-8H2,1-2H3,(H2,25,26)/t16-/m1/s1. The van der Waals surface area contributed by atoms with Crippen LogP contribution in [-0.4, -0.2) is 22.0 Å². The first-order valence-electron chi connectivity index (χ1n) is 9.60. The molecule has 1 saturated heterocycles. The maximum absolute atomic E-state index is 13.2. The van der Waals surface area contributed by atoms with Crippen LogP contribution in [0.3, 0.4) is 0 Å². The Morgan fingerprint density at radius 2 is 1.77 bits per heavy atom. The molecule has 2 aliphatic rings. The number of hydrogen-bond donors (Lipinski definition) is 1. The third kappa shape index (κ3) is 3.20. The van der Waals surface area contributed by atoms with Crippen molar-refractivity contribution in [2.24, 2.45) is 0 Å². The summed E-state index contributed by atoms with van der Waals surface area (Å²) in [5.41, 5.74) is 9.45. The number of para-hydroxylation sites is 1. The van der Waals surface area contributed by atoms with Crippen molar-refractivity contribution in [1.29, 1.82) is 10.5 Å². The molecule has 2 aromatic rings. The Morgan fingerprint density at radius 1 is 1.13 bits per heavy atom. The van der Waals surface area contributed by atoms with Crippen molar-refractivity contribution in [3.05, 3.63) is 46.0 Å². The van der Waals surface area contributed by atoms with E-state index in [1.807, 2.05) is 32.0 Å². The molecule has 2 fully saturated rings. The lowest BCUT2D eigenvalue weighted by atomic mass is 10.0. The second kappa shape index (κ2) is 7.47. The van der Waals surface area contributed by atoms with Crippen molar-refractivity contribution in [3.8, 4) is 12.1 Å². The van der Waals surface area contributed by atoms with Crippen molar-refractivity contribution in [2.45, 2.75) is 49.3 Å². The maximum Gasteiger partial charge on any atom is 0.247 e. The minimum Gasteiger partial charge on any atom is -0.383 e. The number of hydrogen-bond acceptors (Lipinski definition) is 7. The summed E-state index contributed by atoms with van der Waals surface area (Å²) in [6.07, 6.45) is 1.79. The zero-order chi connectivity index (χ0) is 21.6. The molecule has 8 heteroatoms. The van der Waals surface area contributed by atoms with E-state index in [1.165, 1.54) is 4.90 Å². The Hall–Kier alpha value is -3.36. The predicted molar refractivity (Wildman–Crippen MR) is 113 cm³/mol. The van der Waals surface area contributed by atoms with Crippen LogP contribution in [-0.2, 0) is 9.59 Å². The molecule has 150 valence electrons. The van der Waals surface area contributed by atoms with E-state index in [1.54, 1.807) is 0 Å². The number of imide groups is 1.